The number of nitrogens with zero attached hydrogens (tertiary/aromatic N) is 4. The molecule has 2 N–H and O–H groups in total. The van der Waals surface area contributed by atoms with Crippen molar-refractivity contribution in [2.75, 3.05) is 0 Å². The van der Waals surface area contributed by atoms with Gasteiger partial charge >= 0.3 is 0 Å². The summed E-state index contributed by atoms with van der Waals surface area (Å²) in [4.78, 5) is 16.7. The predicted octanol–water partition coefficient (Wildman–Crippen LogP) is 1.21. The summed E-state index contributed by atoms with van der Waals surface area (Å²) in [5.74, 6) is 0.590. The lowest BCUT2D eigenvalue weighted by Gasteiger charge is -2.07. The molecule has 0 saturated heterocycles. The summed E-state index contributed by atoms with van der Waals surface area (Å²) in [6.07, 6.45) is 10.2. The molecule has 0 aliphatic carbocycles. The van der Waals surface area contributed by atoms with Crippen LogP contribution in [-0.2, 0) is 6.42 Å². The minimum atomic E-state index is 0.168. The topological polar surface area (TPSA) is 77.6 Å². The average molecular weight is 229 g/mol. The van der Waals surface area contributed by atoms with Crippen molar-refractivity contribution in [2.24, 2.45) is 5.73 Å². The van der Waals surface area contributed by atoms with Crippen LogP contribution in [-0.4, -0.2) is 26.0 Å². The Kier molecular flexibility index (Phi) is 3.72. The molecule has 0 saturated carbocycles. The lowest BCUT2D eigenvalue weighted by atomic mass is 10.1. The van der Waals surface area contributed by atoms with Gasteiger partial charge in [0.05, 0.1) is 6.20 Å². The van der Waals surface area contributed by atoms with Gasteiger partial charge in [0.15, 0.2) is 5.82 Å². The van der Waals surface area contributed by atoms with Crippen molar-refractivity contribution < 1.29 is 0 Å². The molecular weight excluding hydrogens is 214 g/mol. The van der Waals surface area contributed by atoms with Crippen LogP contribution < -0.4 is 5.73 Å². The largest absolute Gasteiger partial charge is 0.327 e. The SMILES string of the molecule is CCC(N)Cc1cnc(-c2cnccn2)nc1. The molecule has 2 aromatic rings. The van der Waals surface area contributed by atoms with E-state index in [-0.39, 0.29) is 6.04 Å². The minimum Gasteiger partial charge on any atom is -0.327 e. The Morgan fingerprint density at radius 3 is 2.47 bits per heavy atom. The molecule has 0 bridgehead atoms. The van der Waals surface area contributed by atoms with Gasteiger partial charge < -0.3 is 5.73 Å². The van der Waals surface area contributed by atoms with Crippen LogP contribution >= 0.6 is 0 Å². The summed E-state index contributed by atoms with van der Waals surface area (Å²) >= 11 is 0. The second-order valence-electron chi connectivity index (χ2n) is 3.88. The van der Waals surface area contributed by atoms with Crippen molar-refractivity contribution in [3.63, 3.8) is 0 Å². The first kappa shape index (κ1) is 11.6. The molecule has 0 aromatic carbocycles. The normalized spacial score (nSPS) is 12.4. The molecule has 1 unspecified atom stereocenters. The second-order valence-corrected chi connectivity index (χ2v) is 3.88. The Balaban J connectivity index is 2.13. The maximum absolute atomic E-state index is 5.88. The number of rotatable bonds is 4. The highest BCUT2D eigenvalue weighted by molar-refractivity contribution is 5.46. The number of hydrogen-bond acceptors (Lipinski definition) is 5. The fourth-order valence-corrected chi connectivity index (χ4v) is 1.45. The number of aromatic nitrogens is 4. The van der Waals surface area contributed by atoms with E-state index in [9.17, 15) is 0 Å². The monoisotopic (exact) mass is 229 g/mol. The van der Waals surface area contributed by atoms with Gasteiger partial charge in [0.1, 0.15) is 5.69 Å². The maximum Gasteiger partial charge on any atom is 0.179 e. The van der Waals surface area contributed by atoms with Crippen LogP contribution in [0.5, 0.6) is 0 Å². The summed E-state index contributed by atoms with van der Waals surface area (Å²) in [5, 5.41) is 0. The highest BCUT2D eigenvalue weighted by Gasteiger charge is 2.05. The van der Waals surface area contributed by atoms with Gasteiger partial charge in [0.25, 0.3) is 0 Å². The number of nitrogens with two attached hydrogens (primary N) is 1. The molecule has 0 amide bonds. The quantitative estimate of drug-likeness (QED) is 0.852. The van der Waals surface area contributed by atoms with Crippen molar-refractivity contribution in [3.8, 4) is 11.5 Å². The van der Waals surface area contributed by atoms with E-state index in [0.29, 0.717) is 11.5 Å². The zero-order valence-corrected chi connectivity index (χ0v) is 9.74. The lowest BCUT2D eigenvalue weighted by Crippen LogP contribution is -2.21. The maximum atomic E-state index is 5.88. The van der Waals surface area contributed by atoms with Crippen LogP contribution in [0.3, 0.4) is 0 Å². The molecule has 1 atom stereocenters. The Morgan fingerprint density at radius 2 is 1.88 bits per heavy atom. The first-order chi connectivity index (χ1) is 8.29. The molecule has 0 aliphatic rings. The molecule has 0 aliphatic heterocycles. The van der Waals surface area contributed by atoms with Crippen LogP contribution in [0.25, 0.3) is 11.5 Å². The van der Waals surface area contributed by atoms with E-state index < -0.39 is 0 Å². The third kappa shape index (κ3) is 3.04. The summed E-state index contributed by atoms with van der Waals surface area (Å²) in [5.41, 5.74) is 7.60. The highest BCUT2D eigenvalue weighted by Crippen LogP contribution is 2.09. The van der Waals surface area contributed by atoms with Gasteiger partial charge in [-0.25, -0.2) is 15.0 Å². The zero-order valence-electron chi connectivity index (χ0n) is 9.74. The van der Waals surface area contributed by atoms with E-state index >= 15 is 0 Å². The molecule has 0 radical (unpaired) electrons. The third-order valence-corrected chi connectivity index (χ3v) is 2.52. The molecule has 2 rings (SSSR count). The molecule has 2 aromatic heterocycles. The van der Waals surface area contributed by atoms with Crippen LogP contribution in [0, 0.1) is 0 Å². The average Bonchev–Trinajstić information content (AvgIpc) is 2.40. The number of hydrogen-bond donors (Lipinski definition) is 1. The van der Waals surface area contributed by atoms with Gasteiger partial charge in [-0.15, -0.1) is 0 Å². The van der Waals surface area contributed by atoms with Crippen LogP contribution in [0.1, 0.15) is 18.9 Å². The Hall–Kier alpha value is -1.88. The van der Waals surface area contributed by atoms with Crippen molar-refractivity contribution >= 4 is 0 Å². The van der Waals surface area contributed by atoms with Crippen LogP contribution in [0.15, 0.2) is 31.0 Å². The Bertz CT molecular complexity index is 454. The van der Waals surface area contributed by atoms with Crippen LogP contribution in [0.4, 0.5) is 0 Å². The molecule has 0 spiro atoms. The van der Waals surface area contributed by atoms with E-state index in [1.807, 2.05) is 0 Å². The van der Waals surface area contributed by atoms with Gasteiger partial charge in [0.2, 0.25) is 0 Å². The van der Waals surface area contributed by atoms with E-state index in [0.717, 1.165) is 18.4 Å². The summed E-state index contributed by atoms with van der Waals surface area (Å²) in [6, 6.07) is 0.168. The molecule has 17 heavy (non-hydrogen) atoms. The second kappa shape index (κ2) is 5.45. The summed E-state index contributed by atoms with van der Waals surface area (Å²) in [7, 11) is 0. The first-order valence-electron chi connectivity index (χ1n) is 5.62. The van der Waals surface area contributed by atoms with Crippen LogP contribution in [0.2, 0.25) is 0 Å². The Morgan fingerprint density at radius 1 is 1.12 bits per heavy atom. The molecule has 0 fully saturated rings. The van der Waals surface area contributed by atoms with Gasteiger partial charge in [-0.3, -0.25) is 4.98 Å². The molecular formula is C12H15N5. The fraction of sp³-hybridized carbons (Fsp3) is 0.333. The van der Waals surface area contributed by atoms with E-state index in [1.165, 1.54) is 0 Å². The molecule has 5 heteroatoms. The smallest absolute Gasteiger partial charge is 0.179 e. The molecule has 5 nitrogen and oxygen atoms in total. The highest BCUT2D eigenvalue weighted by atomic mass is 14.9. The lowest BCUT2D eigenvalue weighted by molar-refractivity contribution is 0.643. The minimum absolute atomic E-state index is 0.168. The first-order valence-corrected chi connectivity index (χ1v) is 5.62. The standard InChI is InChI=1S/C12H15N5/c1-2-10(13)5-9-6-16-12(17-7-9)11-8-14-3-4-15-11/h3-4,6-8,10H,2,5,13H2,1H3. The van der Waals surface area contributed by atoms with E-state index in [4.69, 9.17) is 5.73 Å². The van der Waals surface area contributed by atoms with Gasteiger partial charge in [0, 0.05) is 30.8 Å². The third-order valence-electron chi connectivity index (χ3n) is 2.52. The van der Waals surface area contributed by atoms with Crippen molar-refractivity contribution in [3.05, 3.63) is 36.5 Å². The van der Waals surface area contributed by atoms with Gasteiger partial charge in [-0.05, 0) is 18.4 Å². The van der Waals surface area contributed by atoms with E-state index in [2.05, 4.69) is 26.9 Å². The summed E-state index contributed by atoms with van der Waals surface area (Å²) in [6.45, 7) is 2.07. The molecule has 2 heterocycles. The van der Waals surface area contributed by atoms with Crippen molar-refractivity contribution in [1.29, 1.82) is 0 Å². The zero-order chi connectivity index (χ0) is 12.1. The van der Waals surface area contributed by atoms with Gasteiger partial charge in [-0.2, -0.15) is 0 Å². The van der Waals surface area contributed by atoms with Crippen molar-refractivity contribution in [1.82, 2.24) is 19.9 Å². The summed E-state index contributed by atoms with van der Waals surface area (Å²) < 4.78 is 0. The van der Waals surface area contributed by atoms with E-state index in [1.54, 1.807) is 31.0 Å². The fourth-order valence-electron chi connectivity index (χ4n) is 1.45. The van der Waals surface area contributed by atoms with Crippen molar-refractivity contribution in [2.45, 2.75) is 25.8 Å². The Labute approximate surface area is 100 Å². The predicted molar refractivity (Wildman–Crippen MR) is 65.0 cm³/mol. The van der Waals surface area contributed by atoms with Gasteiger partial charge in [-0.1, -0.05) is 6.92 Å². The molecule has 88 valence electrons.